The van der Waals surface area contributed by atoms with E-state index < -0.39 is 11.7 Å². The third kappa shape index (κ3) is 3.26. The Morgan fingerprint density at radius 2 is 1.95 bits per heavy atom. The molecule has 2 fully saturated rings. The minimum absolute atomic E-state index is 0.0503. The zero-order valence-corrected chi connectivity index (χ0v) is 11.9. The number of likely N-dealkylation sites (tertiary alicyclic amines) is 1. The summed E-state index contributed by atoms with van der Waals surface area (Å²) in [5.74, 6) is -0.0503. The van der Waals surface area contributed by atoms with Crippen LogP contribution in [0.4, 0.5) is 4.79 Å². The topological polar surface area (TPSA) is 66.8 Å². The predicted octanol–water partition coefficient (Wildman–Crippen LogP) is 1.73. The number of aliphatic hydroxyl groups is 1. The lowest BCUT2D eigenvalue weighted by Crippen LogP contribution is -2.44. The number of amides is 1. The molecular formula is C14H23NO4. The predicted molar refractivity (Wildman–Crippen MR) is 69.7 cm³/mol. The number of rotatable bonds is 0. The Labute approximate surface area is 113 Å². The van der Waals surface area contributed by atoms with Crippen molar-refractivity contribution >= 4 is 11.9 Å². The van der Waals surface area contributed by atoms with Crippen molar-refractivity contribution in [3.8, 4) is 0 Å². The molecule has 0 bridgehead atoms. The van der Waals surface area contributed by atoms with Crippen molar-refractivity contribution in [2.24, 2.45) is 5.41 Å². The highest BCUT2D eigenvalue weighted by molar-refractivity contribution is 5.86. The Bertz CT molecular complexity index is 377. The highest BCUT2D eigenvalue weighted by Gasteiger charge is 2.46. The number of aliphatic hydroxyl groups excluding tert-OH is 1. The number of carbonyl (C=O) groups is 2. The van der Waals surface area contributed by atoms with Crippen molar-refractivity contribution in [2.45, 2.75) is 58.2 Å². The van der Waals surface area contributed by atoms with Crippen LogP contribution in [0.25, 0.3) is 0 Å². The van der Waals surface area contributed by atoms with Crippen molar-refractivity contribution in [1.82, 2.24) is 4.90 Å². The third-order valence-electron chi connectivity index (χ3n) is 4.02. The van der Waals surface area contributed by atoms with Crippen LogP contribution in [0.5, 0.6) is 0 Å². The molecule has 1 unspecified atom stereocenters. The van der Waals surface area contributed by atoms with Crippen molar-refractivity contribution in [3.05, 3.63) is 0 Å². The summed E-state index contributed by atoms with van der Waals surface area (Å²) in [6.07, 6.45) is 1.47. The molecule has 1 heterocycles. The Kier molecular flexibility index (Phi) is 3.60. The summed E-state index contributed by atoms with van der Waals surface area (Å²) < 4.78 is 5.34. The molecule has 5 nitrogen and oxygen atoms in total. The lowest BCUT2D eigenvalue weighted by atomic mass is 9.77. The van der Waals surface area contributed by atoms with E-state index in [2.05, 4.69) is 0 Å². The van der Waals surface area contributed by atoms with Gasteiger partial charge in [-0.25, -0.2) is 4.79 Å². The molecule has 0 aromatic rings. The number of ether oxygens (including phenoxy) is 1. The molecular weight excluding hydrogens is 246 g/mol. The van der Waals surface area contributed by atoms with Gasteiger partial charge in [0.15, 0.2) is 5.78 Å². The first-order valence-electron chi connectivity index (χ1n) is 6.90. The molecule has 1 amide bonds. The van der Waals surface area contributed by atoms with Gasteiger partial charge in [-0.1, -0.05) is 0 Å². The Morgan fingerprint density at radius 1 is 1.37 bits per heavy atom. The van der Waals surface area contributed by atoms with Gasteiger partial charge in [-0.2, -0.15) is 0 Å². The number of hydrogen-bond donors (Lipinski definition) is 1. The zero-order valence-electron chi connectivity index (χ0n) is 11.9. The molecule has 1 aliphatic carbocycles. The smallest absolute Gasteiger partial charge is 0.410 e. The van der Waals surface area contributed by atoms with Gasteiger partial charge < -0.3 is 14.7 Å². The lowest BCUT2D eigenvalue weighted by Gasteiger charge is -2.39. The van der Waals surface area contributed by atoms with Gasteiger partial charge in [0.25, 0.3) is 0 Å². The molecule has 0 radical (unpaired) electrons. The Balaban J connectivity index is 1.89. The van der Waals surface area contributed by atoms with E-state index in [-0.39, 0.29) is 17.3 Å². The van der Waals surface area contributed by atoms with E-state index in [0.717, 1.165) is 12.8 Å². The largest absolute Gasteiger partial charge is 0.444 e. The molecule has 1 N–H and O–H groups in total. The van der Waals surface area contributed by atoms with Crippen molar-refractivity contribution < 1.29 is 19.4 Å². The summed E-state index contributed by atoms with van der Waals surface area (Å²) in [5.41, 5.74) is -0.569. The van der Waals surface area contributed by atoms with Crippen LogP contribution in [-0.4, -0.2) is 46.7 Å². The minimum atomic E-state index is -0.798. The number of piperidine rings is 1. The fraction of sp³-hybridized carbons (Fsp3) is 0.857. The summed E-state index contributed by atoms with van der Waals surface area (Å²) in [5, 5.41) is 9.59. The van der Waals surface area contributed by atoms with Gasteiger partial charge in [-0.3, -0.25) is 4.79 Å². The number of ketones is 1. The van der Waals surface area contributed by atoms with Crippen molar-refractivity contribution in [2.75, 3.05) is 13.1 Å². The molecule has 1 saturated carbocycles. The van der Waals surface area contributed by atoms with Gasteiger partial charge >= 0.3 is 6.09 Å². The summed E-state index contributed by atoms with van der Waals surface area (Å²) in [6.45, 7) is 6.76. The molecule has 1 saturated heterocycles. The van der Waals surface area contributed by atoms with Gasteiger partial charge in [0, 0.05) is 19.5 Å². The second-order valence-corrected chi connectivity index (χ2v) is 6.83. The van der Waals surface area contributed by atoms with Crippen molar-refractivity contribution in [3.63, 3.8) is 0 Å². The summed E-state index contributed by atoms with van der Waals surface area (Å²) in [6, 6.07) is 0. The number of carbonyl (C=O) groups excluding carboxylic acids is 2. The average molecular weight is 269 g/mol. The van der Waals surface area contributed by atoms with Crippen LogP contribution in [-0.2, 0) is 9.53 Å². The average Bonchev–Trinajstić information content (AvgIpc) is 2.52. The number of Topliss-reactive ketones (excluding diaryl/α,β-unsaturated/α-hetero) is 1. The molecule has 5 heteroatoms. The van der Waals surface area contributed by atoms with E-state index in [1.165, 1.54) is 0 Å². The molecule has 2 rings (SSSR count). The molecule has 0 aromatic carbocycles. The highest BCUT2D eigenvalue weighted by Crippen LogP contribution is 2.44. The van der Waals surface area contributed by atoms with Crippen LogP contribution in [0.1, 0.15) is 46.5 Å². The monoisotopic (exact) mass is 269 g/mol. The van der Waals surface area contributed by atoms with E-state index in [1.54, 1.807) is 4.90 Å². The second kappa shape index (κ2) is 4.78. The van der Waals surface area contributed by atoms with Gasteiger partial charge in [0.2, 0.25) is 0 Å². The molecule has 1 atom stereocenters. The number of nitrogens with zero attached hydrogens (tertiary/aromatic N) is 1. The third-order valence-corrected chi connectivity index (χ3v) is 4.02. The number of hydrogen-bond acceptors (Lipinski definition) is 4. The molecule has 1 spiro atoms. The maximum absolute atomic E-state index is 11.9. The summed E-state index contributed by atoms with van der Waals surface area (Å²) in [4.78, 5) is 25.1. The lowest BCUT2D eigenvalue weighted by molar-refractivity contribution is -0.124. The first-order chi connectivity index (χ1) is 8.71. The normalized spacial score (nSPS) is 26.8. The van der Waals surface area contributed by atoms with Crippen LogP contribution in [0, 0.1) is 5.41 Å². The first kappa shape index (κ1) is 14.3. The van der Waals surface area contributed by atoms with E-state index in [1.807, 2.05) is 20.8 Å². The van der Waals surface area contributed by atoms with E-state index in [0.29, 0.717) is 25.9 Å². The fourth-order valence-corrected chi connectivity index (χ4v) is 2.95. The molecule has 0 aromatic heterocycles. The van der Waals surface area contributed by atoms with Gasteiger partial charge in [0.1, 0.15) is 11.7 Å². The Morgan fingerprint density at radius 3 is 2.37 bits per heavy atom. The van der Waals surface area contributed by atoms with Crippen LogP contribution >= 0.6 is 0 Å². The van der Waals surface area contributed by atoms with E-state index in [9.17, 15) is 14.7 Å². The van der Waals surface area contributed by atoms with Crippen LogP contribution < -0.4 is 0 Å². The standard InChI is InChI=1S/C14H23NO4/c1-13(2,3)19-12(18)15-6-4-14(5-7-15)8-10(16)11(17)9-14/h10,16H,4-9H2,1-3H3. The maximum Gasteiger partial charge on any atom is 0.410 e. The van der Waals surface area contributed by atoms with Gasteiger partial charge in [0.05, 0.1) is 0 Å². The molecule has 1 aliphatic heterocycles. The van der Waals surface area contributed by atoms with E-state index in [4.69, 9.17) is 4.74 Å². The second-order valence-electron chi connectivity index (χ2n) is 6.83. The molecule has 2 aliphatic rings. The maximum atomic E-state index is 11.9. The first-order valence-corrected chi connectivity index (χ1v) is 6.90. The van der Waals surface area contributed by atoms with E-state index >= 15 is 0 Å². The van der Waals surface area contributed by atoms with Crippen LogP contribution in [0.15, 0.2) is 0 Å². The van der Waals surface area contributed by atoms with Crippen LogP contribution in [0.2, 0.25) is 0 Å². The van der Waals surface area contributed by atoms with Crippen molar-refractivity contribution in [1.29, 1.82) is 0 Å². The SMILES string of the molecule is CC(C)(C)OC(=O)N1CCC2(CC1)CC(=O)C(O)C2. The molecule has 19 heavy (non-hydrogen) atoms. The molecule has 108 valence electrons. The zero-order chi connectivity index (χ0) is 14.3. The van der Waals surface area contributed by atoms with Gasteiger partial charge in [-0.15, -0.1) is 0 Å². The summed E-state index contributed by atoms with van der Waals surface area (Å²) in [7, 11) is 0. The van der Waals surface area contributed by atoms with Gasteiger partial charge in [-0.05, 0) is 45.4 Å². The summed E-state index contributed by atoms with van der Waals surface area (Å²) >= 11 is 0. The quantitative estimate of drug-likeness (QED) is 0.727. The Hall–Kier alpha value is -1.10. The fourth-order valence-electron chi connectivity index (χ4n) is 2.95. The highest BCUT2D eigenvalue weighted by atomic mass is 16.6. The minimum Gasteiger partial charge on any atom is -0.444 e. The van der Waals surface area contributed by atoms with Crippen LogP contribution in [0.3, 0.4) is 0 Å².